The van der Waals surface area contributed by atoms with Crippen molar-refractivity contribution in [2.75, 3.05) is 13.2 Å². The molecule has 0 aliphatic heterocycles. The lowest BCUT2D eigenvalue weighted by molar-refractivity contribution is 0.336. The summed E-state index contributed by atoms with van der Waals surface area (Å²) in [6, 6.07) is 14.0. The predicted molar refractivity (Wildman–Crippen MR) is 88.0 cm³/mol. The van der Waals surface area contributed by atoms with E-state index >= 15 is 0 Å². The molecule has 0 spiro atoms. The zero-order valence-electron chi connectivity index (χ0n) is 12.3. The second-order valence-corrected chi connectivity index (χ2v) is 6.76. The average Bonchev–Trinajstić information content (AvgIpc) is 2.49. The highest BCUT2D eigenvalue weighted by Crippen LogP contribution is 2.21. The van der Waals surface area contributed by atoms with Crippen LogP contribution in [0.2, 0.25) is 5.02 Å². The van der Waals surface area contributed by atoms with Gasteiger partial charge in [0.2, 0.25) is 10.0 Å². The smallest absolute Gasteiger partial charge is 0.242 e. The highest BCUT2D eigenvalue weighted by molar-refractivity contribution is 7.89. The molecule has 0 radical (unpaired) electrons. The number of ether oxygens (including phenoxy) is 1. The summed E-state index contributed by atoms with van der Waals surface area (Å²) in [5.41, 5.74) is 0.964. The summed E-state index contributed by atoms with van der Waals surface area (Å²) < 4.78 is 32.5. The van der Waals surface area contributed by atoms with E-state index in [9.17, 15) is 8.42 Å². The molecule has 0 heterocycles. The highest BCUT2D eigenvalue weighted by atomic mass is 35.5. The molecule has 0 saturated heterocycles. The molecule has 118 valence electrons. The van der Waals surface area contributed by atoms with Crippen LogP contribution in [0, 0.1) is 0 Å². The molecule has 1 N–H and O–H groups in total. The Balaban J connectivity index is 2.04. The quantitative estimate of drug-likeness (QED) is 0.842. The van der Waals surface area contributed by atoms with Crippen molar-refractivity contribution >= 4 is 21.6 Å². The van der Waals surface area contributed by atoms with Gasteiger partial charge in [-0.2, -0.15) is 0 Å². The third kappa shape index (κ3) is 4.22. The van der Waals surface area contributed by atoms with Crippen molar-refractivity contribution < 1.29 is 13.2 Å². The number of benzene rings is 2. The standard InChI is InChI=1S/C16H18ClNO3S/c1-2-21-15-9-5-3-7-13(15)11-12-18-22(19,20)16-10-6-4-8-14(16)17/h3-10,18H,2,11-12H2,1H3. The molecule has 0 amide bonds. The first-order valence-electron chi connectivity index (χ1n) is 6.99. The van der Waals surface area contributed by atoms with Gasteiger partial charge in [0.05, 0.1) is 11.6 Å². The number of sulfonamides is 1. The molecule has 6 heteroatoms. The van der Waals surface area contributed by atoms with Gasteiger partial charge in [-0.05, 0) is 37.1 Å². The summed E-state index contributed by atoms with van der Waals surface area (Å²) >= 11 is 5.93. The Labute approximate surface area is 136 Å². The van der Waals surface area contributed by atoms with Gasteiger partial charge in [-0.3, -0.25) is 0 Å². The average molecular weight is 340 g/mol. The van der Waals surface area contributed by atoms with E-state index in [1.807, 2.05) is 31.2 Å². The van der Waals surface area contributed by atoms with E-state index in [1.54, 1.807) is 18.2 Å². The van der Waals surface area contributed by atoms with Gasteiger partial charge in [-0.15, -0.1) is 0 Å². The fourth-order valence-corrected chi connectivity index (χ4v) is 3.62. The summed E-state index contributed by atoms with van der Waals surface area (Å²) in [4.78, 5) is 0.0924. The molecule has 0 atom stereocenters. The minimum Gasteiger partial charge on any atom is -0.494 e. The Morgan fingerprint density at radius 1 is 1.09 bits per heavy atom. The second kappa shape index (κ2) is 7.63. The largest absolute Gasteiger partial charge is 0.494 e. The zero-order chi connectivity index (χ0) is 16.0. The molecule has 0 saturated carbocycles. The van der Waals surface area contributed by atoms with Gasteiger partial charge >= 0.3 is 0 Å². The highest BCUT2D eigenvalue weighted by Gasteiger charge is 2.16. The summed E-state index contributed by atoms with van der Waals surface area (Å²) in [6.07, 6.45) is 0.542. The van der Waals surface area contributed by atoms with Gasteiger partial charge in [0, 0.05) is 6.54 Å². The summed E-state index contributed by atoms with van der Waals surface area (Å²) in [5.74, 6) is 0.780. The Kier molecular flexibility index (Phi) is 5.83. The predicted octanol–water partition coefficient (Wildman–Crippen LogP) is 3.26. The molecule has 0 fully saturated rings. The van der Waals surface area contributed by atoms with Crippen LogP contribution >= 0.6 is 11.6 Å². The molecule has 22 heavy (non-hydrogen) atoms. The Hall–Kier alpha value is -1.56. The molecule has 2 aromatic carbocycles. The minimum absolute atomic E-state index is 0.0924. The van der Waals surface area contributed by atoms with Crippen LogP contribution in [0.1, 0.15) is 12.5 Å². The molecule has 4 nitrogen and oxygen atoms in total. The van der Waals surface area contributed by atoms with Crippen molar-refractivity contribution in [3.05, 3.63) is 59.1 Å². The maximum atomic E-state index is 12.2. The lowest BCUT2D eigenvalue weighted by Gasteiger charge is -2.11. The van der Waals surface area contributed by atoms with Crippen LogP contribution in [0.4, 0.5) is 0 Å². The molecule has 0 aliphatic rings. The number of para-hydroxylation sites is 1. The third-order valence-corrected chi connectivity index (χ3v) is 5.05. The van der Waals surface area contributed by atoms with E-state index < -0.39 is 10.0 Å². The molecule has 0 aliphatic carbocycles. The number of nitrogens with one attached hydrogen (secondary N) is 1. The number of halogens is 1. The van der Waals surface area contributed by atoms with Crippen LogP contribution in [0.15, 0.2) is 53.4 Å². The van der Waals surface area contributed by atoms with Crippen molar-refractivity contribution in [3.63, 3.8) is 0 Å². The fourth-order valence-electron chi connectivity index (χ4n) is 2.07. The molecular weight excluding hydrogens is 322 g/mol. The van der Waals surface area contributed by atoms with Crippen LogP contribution in [0.3, 0.4) is 0 Å². The molecule has 0 unspecified atom stereocenters. The van der Waals surface area contributed by atoms with Crippen molar-refractivity contribution in [3.8, 4) is 5.75 Å². The third-order valence-electron chi connectivity index (χ3n) is 3.09. The second-order valence-electron chi connectivity index (χ2n) is 4.62. The number of hydrogen-bond acceptors (Lipinski definition) is 3. The normalized spacial score (nSPS) is 11.4. The number of rotatable bonds is 7. The Morgan fingerprint density at radius 2 is 1.77 bits per heavy atom. The minimum atomic E-state index is -3.61. The van der Waals surface area contributed by atoms with Crippen LogP contribution < -0.4 is 9.46 Å². The van der Waals surface area contributed by atoms with Gasteiger partial charge in [-0.25, -0.2) is 13.1 Å². The monoisotopic (exact) mass is 339 g/mol. The maximum Gasteiger partial charge on any atom is 0.242 e. The van der Waals surface area contributed by atoms with Gasteiger partial charge in [0.1, 0.15) is 10.6 Å². The molecular formula is C16H18ClNO3S. The Morgan fingerprint density at radius 3 is 2.50 bits per heavy atom. The van der Waals surface area contributed by atoms with Crippen molar-refractivity contribution in [1.82, 2.24) is 4.72 Å². The SMILES string of the molecule is CCOc1ccccc1CCNS(=O)(=O)c1ccccc1Cl. The molecule has 0 bridgehead atoms. The lowest BCUT2D eigenvalue weighted by atomic mass is 10.1. The maximum absolute atomic E-state index is 12.2. The summed E-state index contributed by atoms with van der Waals surface area (Å²) in [6.45, 7) is 2.76. The molecule has 2 rings (SSSR count). The van der Waals surface area contributed by atoms with Gasteiger partial charge in [-0.1, -0.05) is 41.9 Å². The zero-order valence-corrected chi connectivity index (χ0v) is 13.8. The van der Waals surface area contributed by atoms with Gasteiger partial charge < -0.3 is 4.74 Å². The van der Waals surface area contributed by atoms with E-state index in [1.165, 1.54) is 6.07 Å². The molecule has 2 aromatic rings. The van der Waals surface area contributed by atoms with Gasteiger partial charge in [0.25, 0.3) is 0 Å². The first-order chi connectivity index (χ1) is 10.5. The van der Waals surface area contributed by atoms with E-state index in [2.05, 4.69) is 4.72 Å². The van der Waals surface area contributed by atoms with Crippen molar-refractivity contribution in [2.24, 2.45) is 0 Å². The van der Waals surface area contributed by atoms with Crippen LogP contribution in [0.25, 0.3) is 0 Å². The van der Waals surface area contributed by atoms with Gasteiger partial charge in [0.15, 0.2) is 0 Å². The number of hydrogen-bond donors (Lipinski definition) is 1. The van der Waals surface area contributed by atoms with Crippen molar-refractivity contribution in [1.29, 1.82) is 0 Å². The summed E-state index contributed by atoms with van der Waals surface area (Å²) in [7, 11) is -3.61. The van der Waals surface area contributed by atoms with Crippen LogP contribution in [-0.2, 0) is 16.4 Å². The van der Waals surface area contributed by atoms with Crippen LogP contribution in [-0.4, -0.2) is 21.6 Å². The summed E-state index contributed by atoms with van der Waals surface area (Å²) in [5, 5.41) is 0.213. The van der Waals surface area contributed by atoms with Crippen molar-refractivity contribution in [2.45, 2.75) is 18.2 Å². The first-order valence-corrected chi connectivity index (χ1v) is 8.85. The van der Waals surface area contributed by atoms with E-state index in [0.29, 0.717) is 13.0 Å². The van der Waals surface area contributed by atoms with Crippen LogP contribution in [0.5, 0.6) is 5.75 Å². The van der Waals surface area contributed by atoms with E-state index in [-0.39, 0.29) is 16.5 Å². The fraction of sp³-hybridized carbons (Fsp3) is 0.250. The Bertz CT molecular complexity index is 732. The van der Waals surface area contributed by atoms with E-state index in [0.717, 1.165) is 11.3 Å². The first kappa shape index (κ1) is 16.8. The van der Waals surface area contributed by atoms with E-state index in [4.69, 9.17) is 16.3 Å². The molecule has 0 aromatic heterocycles. The lowest BCUT2D eigenvalue weighted by Crippen LogP contribution is -2.26. The topological polar surface area (TPSA) is 55.4 Å².